The van der Waals surface area contributed by atoms with Crippen molar-refractivity contribution in [3.8, 4) is 0 Å². The lowest BCUT2D eigenvalue weighted by Gasteiger charge is -2.22. The maximum absolute atomic E-state index is 13.8. The zero-order valence-electron chi connectivity index (χ0n) is 12.1. The highest BCUT2D eigenvalue weighted by atomic mass is 19.4. The van der Waals surface area contributed by atoms with Crippen molar-refractivity contribution in [1.82, 2.24) is 5.32 Å². The van der Waals surface area contributed by atoms with Crippen LogP contribution in [0.2, 0.25) is 0 Å². The Hall–Kier alpha value is -2.12. The van der Waals surface area contributed by atoms with Gasteiger partial charge in [-0.2, -0.15) is 13.2 Å². The van der Waals surface area contributed by atoms with Crippen LogP contribution in [0.15, 0.2) is 18.2 Å². The van der Waals surface area contributed by atoms with Gasteiger partial charge in [-0.25, -0.2) is 9.18 Å². The zero-order chi connectivity index (χ0) is 17.1. The van der Waals surface area contributed by atoms with Gasteiger partial charge in [0.15, 0.2) is 0 Å². The highest BCUT2D eigenvalue weighted by Gasteiger charge is 2.32. The van der Waals surface area contributed by atoms with Crippen LogP contribution in [0.25, 0.3) is 0 Å². The van der Waals surface area contributed by atoms with Gasteiger partial charge in [0.05, 0.1) is 5.56 Å². The number of hydrogen-bond donors (Lipinski definition) is 1. The number of halogens is 4. The van der Waals surface area contributed by atoms with E-state index in [0.29, 0.717) is 6.07 Å². The van der Waals surface area contributed by atoms with Gasteiger partial charge < -0.3 is 14.8 Å². The second-order valence-electron chi connectivity index (χ2n) is 5.49. The van der Waals surface area contributed by atoms with Crippen LogP contribution >= 0.6 is 0 Å². The van der Waals surface area contributed by atoms with E-state index in [1.807, 2.05) is 0 Å². The second-order valence-corrected chi connectivity index (χ2v) is 5.49. The van der Waals surface area contributed by atoms with E-state index in [2.05, 4.69) is 5.32 Å². The molecule has 1 aromatic carbocycles. The van der Waals surface area contributed by atoms with Crippen LogP contribution < -0.4 is 5.32 Å². The predicted octanol–water partition coefficient (Wildman–Crippen LogP) is 3.61. The van der Waals surface area contributed by atoms with Gasteiger partial charge in [0.25, 0.3) is 0 Å². The van der Waals surface area contributed by atoms with Gasteiger partial charge >= 0.3 is 12.3 Å². The van der Waals surface area contributed by atoms with E-state index in [9.17, 15) is 27.2 Å². The first-order valence-corrected chi connectivity index (χ1v) is 6.25. The summed E-state index contributed by atoms with van der Waals surface area (Å²) < 4.78 is 56.0. The molecule has 0 aliphatic heterocycles. The van der Waals surface area contributed by atoms with Gasteiger partial charge in [0, 0.05) is 5.56 Å². The van der Waals surface area contributed by atoms with Gasteiger partial charge in [0.2, 0.25) is 0 Å². The minimum absolute atomic E-state index is 0.204. The Balaban J connectivity index is 2.97. The van der Waals surface area contributed by atoms with Crippen molar-refractivity contribution in [2.24, 2.45) is 0 Å². The normalized spacial score (nSPS) is 13.4. The highest BCUT2D eigenvalue weighted by Crippen LogP contribution is 2.31. The summed E-state index contributed by atoms with van der Waals surface area (Å²) in [4.78, 5) is 22.5. The Morgan fingerprint density at radius 2 is 1.86 bits per heavy atom. The second kappa shape index (κ2) is 6.33. The van der Waals surface area contributed by atoms with Crippen molar-refractivity contribution in [3.63, 3.8) is 0 Å². The number of nitrogens with one attached hydrogen (secondary N) is 1. The molecule has 8 heteroatoms. The van der Waals surface area contributed by atoms with Crippen LogP contribution in [0.1, 0.15) is 37.9 Å². The number of carbonyl (C=O) groups is 2. The van der Waals surface area contributed by atoms with Gasteiger partial charge in [0.1, 0.15) is 23.7 Å². The SMILES string of the molecule is CC(C)(C)OC(=O)NC(C=O)c1ccc(C(F)(F)F)cc1F. The van der Waals surface area contributed by atoms with E-state index in [1.54, 1.807) is 20.8 Å². The first kappa shape index (κ1) is 17.9. The third-order valence-corrected chi connectivity index (χ3v) is 2.47. The van der Waals surface area contributed by atoms with Crippen LogP contribution in [0.5, 0.6) is 0 Å². The molecule has 0 saturated heterocycles. The molecule has 122 valence electrons. The largest absolute Gasteiger partial charge is 0.444 e. The van der Waals surface area contributed by atoms with Crippen molar-refractivity contribution in [1.29, 1.82) is 0 Å². The van der Waals surface area contributed by atoms with E-state index >= 15 is 0 Å². The number of rotatable bonds is 3. The smallest absolute Gasteiger partial charge is 0.416 e. The number of carbonyl (C=O) groups excluding carboxylic acids is 2. The Morgan fingerprint density at radius 3 is 2.27 bits per heavy atom. The Kier molecular flexibility index (Phi) is 5.16. The average molecular weight is 321 g/mol. The van der Waals surface area contributed by atoms with Crippen molar-refractivity contribution in [3.05, 3.63) is 35.1 Å². The molecule has 0 aromatic heterocycles. The van der Waals surface area contributed by atoms with Crippen LogP contribution in [0.3, 0.4) is 0 Å². The van der Waals surface area contributed by atoms with Crippen LogP contribution in [0, 0.1) is 5.82 Å². The zero-order valence-corrected chi connectivity index (χ0v) is 12.1. The first-order chi connectivity index (χ1) is 9.94. The summed E-state index contributed by atoms with van der Waals surface area (Å²) in [5.74, 6) is -1.25. The van der Waals surface area contributed by atoms with E-state index in [-0.39, 0.29) is 17.9 Å². The molecular formula is C14H15F4NO3. The molecule has 1 amide bonds. The molecule has 1 N–H and O–H groups in total. The molecule has 0 heterocycles. The molecule has 1 atom stereocenters. The van der Waals surface area contributed by atoms with Crippen molar-refractivity contribution < 1.29 is 31.9 Å². The molecule has 1 rings (SSSR count). The Labute approximate surface area is 124 Å². The fourth-order valence-electron chi connectivity index (χ4n) is 1.58. The molecule has 0 aliphatic carbocycles. The number of hydrogen-bond acceptors (Lipinski definition) is 3. The summed E-state index contributed by atoms with van der Waals surface area (Å²) in [7, 11) is 0. The number of benzene rings is 1. The van der Waals surface area contributed by atoms with Crippen molar-refractivity contribution >= 4 is 12.4 Å². The van der Waals surface area contributed by atoms with Gasteiger partial charge in [-0.1, -0.05) is 6.07 Å². The highest BCUT2D eigenvalue weighted by molar-refractivity contribution is 5.74. The summed E-state index contributed by atoms with van der Waals surface area (Å²) in [5, 5.41) is 2.09. The lowest BCUT2D eigenvalue weighted by Crippen LogP contribution is -2.35. The number of alkyl carbamates (subject to hydrolysis) is 1. The maximum Gasteiger partial charge on any atom is 0.416 e. The number of ether oxygens (including phenoxy) is 1. The monoisotopic (exact) mass is 321 g/mol. The molecule has 0 fully saturated rings. The number of amides is 1. The van der Waals surface area contributed by atoms with Crippen LogP contribution in [-0.2, 0) is 15.7 Å². The Morgan fingerprint density at radius 1 is 1.27 bits per heavy atom. The van der Waals surface area contributed by atoms with E-state index in [0.717, 1.165) is 6.07 Å². The fraction of sp³-hybridized carbons (Fsp3) is 0.429. The molecule has 4 nitrogen and oxygen atoms in total. The lowest BCUT2D eigenvalue weighted by atomic mass is 10.0. The van der Waals surface area contributed by atoms with Crippen molar-refractivity contribution in [2.45, 2.75) is 38.6 Å². The molecule has 0 saturated carbocycles. The summed E-state index contributed by atoms with van der Waals surface area (Å²) in [6.45, 7) is 4.75. The number of alkyl halides is 3. The molecule has 0 bridgehead atoms. The molecular weight excluding hydrogens is 306 g/mol. The summed E-state index contributed by atoms with van der Waals surface area (Å²) in [6, 6.07) is 0.250. The van der Waals surface area contributed by atoms with E-state index < -0.39 is 35.3 Å². The summed E-state index contributed by atoms with van der Waals surface area (Å²) in [6.07, 6.45) is -5.48. The standard InChI is InChI=1S/C14H15F4NO3/c1-13(2,3)22-12(21)19-11(7-20)9-5-4-8(6-10(9)15)14(16,17)18/h4-7,11H,1-3H3,(H,19,21). The molecule has 0 aliphatic rings. The van der Waals surface area contributed by atoms with Gasteiger partial charge in [-0.05, 0) is 32.9 Å². The predicted molar refractivity (Wildman–Crippen MR) is 69.6 cm³/mol. The molecule has 0 spiro atoms. The molecule has 0 radical (unpaired) electrons. The molecule has 22 heavy (non-hydrogen) atoms. The Bertz CT molecular complexity index is 564. The topological polar surface area (TPSA) is 55.4 Å². The lowest BCUT2D eigenvalue weighted by molar-refractivity contribution is -0.137. The van der Waals surface area contributed by atoms with Crippen molar-refractivity contribution in [2.75, 3.05) is 0 Å². The summed E-state index contributed by atoms with van der Waals surface area (Å²) >= 11 is 0. The fourth-order valence-corrected chi connectivity index (χ4v) is 1.58. The first-order valence-electron chi connectivity index (χ1n) is 6.25. The van der Waals surface area contributed by atoms with E-state index in [4.69, 9.17) is 4.74 Å². The summed E-state index contributed by atoms with van der Waals surface area (Å²) in [5.41, 5.74) is -2.40. The quantitative estimate of drug-likeness (QED) is 0.683. The molecule has 1 aromatic rings. The van der Waals surface area contributed by atoms with Crippen LogP contribution in [-0.4, -0.2) is 18.0 Å². The van der Waals surface area contributed by atoms with Gasteiger partial charge in [-0.15, -0.1) is 0 Å². The maximum atomic E-state index is 13.8. The minimum atomic E-state index is -4.70. The average Bonchev–Trinajstić information content (AvgIpc) is 2.33. The third-order valence-electron chi connectivity index (χ3n) is 2.47. The third kappa shape index (κ3) is 5.01. The van der Waals surface area contributed by atoms with Gasteiger partial charge in [-0.3, -0.25) is 0 Å². The minimum Gasteiger partial charge on any atom is -0.444 e. The van der Waals surface area contributed by atoms with Crippen LogP contribution in [0.4, 0.5) is 22.4 Å². The number of aldehydes is 1. The van der Waals surface area contributed by atoms with E-state index in [1.165, 1.54) is 0 Å². The molecule has 1 unspecified atom stereocenters.